The summed E-state index contributed by atoms with van der Waals surface area (Å²) in [5.41, 5.74) is -0.328. The predicted molar refractivity (Wildman–Crippen MR) is 87.7 cm³/mol. The number of amides is 1. The van der Waals surface area contributed by atoms with Crippen molar-refractivity contribution in [3.63, 3.8) is 0 Å². The molecule has 1 aromatic rings. The summed E-state index contributed by atoms with van der Waals surface area (Å²) >= 11 is 11.9. The van der Waals surface area contributed by atoms with E-state index in [9.17, 15) is 13.2 Å². The van der Waals surface area contributed by atoms with Gasteiger partial charge in [0.15, 0.2) is 0 Å². The summed E-state index contributed by atoms with van der Waals surface area (Å²) in [7, 11) is -3.54. The smallest absolute Gasteiger partial charge is 0.240 e. The van der Waals surface area contributed by atoms with Gasteiger partial charge in [-0.15, -0.1) is 23.2 Å². The van der Waals surface area contributed by atoms with Crippen molar-refractivity contribution in [1.29, 1.82) is 0 Å². The number of halogens is 2. The predicted octanol–water partition coefficient (Wildman–Crippen LogP) is 2.90. The molecule has 1 aliphatic carbocycles. The van der Waals surface area contributed by atoms with E-state index in [4.69, 9.17) is 23.2 Å². The molecule has 122 valence electrons. The summed E-state index contributed by atoms with van der Waals surface area (Å²) in [6.45, 7) is 5.17. The molecule has 1 saturated carbocycles. The Morgan fingerprint density at radius 2 is 1.73 bits per heavy atom. The molecule has 0 heterocycles. The van der Waals surface area contributed by atoms with Crippen molar-refractivity contribution >= 4 is 44.8 Å². The van der Waals surface area contributed by atoms with Crippen LogP contribution in [0.1, 0.15) is 27.2 Å². The molecular formula is C14H18Cl2N2O3S. The lowest BCUT2D eigenvalue weighted by molar-refractivity contribution is -0.120. The van der Waals surface area contributed by atoms with Crippen LogP contribution in [-0.2, 0) is 14.8 Å². The Morgan fingerprint density at radius 1 is 1.23 bits per heavy atom. The number of benzene rings is 1. The first-order valence-electron chi connectivity index (χ1n) is 6.80. The van der Waals surface area contributed by atoms with E-state index in [1.807, 2.05) is 0 Å². The van der Waals surface area contributed by atoms with Crippen LogP contribution in [0.15, 0.2) is 29.2 Å². The van der Waals surface area contributed by atoms with Crippen molar-refractivity contribution in [2.45, 2.75) is 42.5 Å². The maximum absolute atomic E-state index is 12.1. The lowest BCUT2D eigenvalue weighted by Crippen LogP contribution is -2.30. The highest BCUT2D eigenvalue weighted by Crippen LogP contribution is 2.64. The van der Waals surface area contributed by atoms with Crippen LogP contribution in [0.3, 0.4) is 0 Å². The number of alkyl halides is 2. The zero-order chi connectivity index (χ0) is 16.8. The third-order valence-corrected chi connectivity index (χ3v) is 6.35. The summed E-state index contributed by atoms with van der Waals surface area (Å²) in [6.07, 6.45) is 0.389. The number of rotatable bonds is 5. The molecule has 1 amide bonds. The standard InChI is InChI=1S/C14H18Cl2N2O3S/c1-9(2)18-22(20,21)11-6-4-10(5-7-11)17-12(19)13(3)8-14(13,15)16/h4-7,9,18H,8H2,1-3H3,(H,17,19). The van der Waals surface area contributed by atoms with Crippen LogP contribution < -0.4 is 10.0 Å². The second kappa shape index (κ2) is 5.67. The van der Waals surface area contributed by atoms with E-state index in [2.05, 4.69) is 10.0 Å². The van der Waals surface area contributed by atoms with Gasteiger partial charge in [-0.1, -0.05) is 0 Å². The van der Waals surface area contributed by atoms with Crippen LogP contribution in [-0.4, -0.2) is 24.7 Å². The molecule has 0 aromatic heterocycles. The van der Waals surface area contributed by atoms with Gasteiger partial charge in [-0.05, 0) is 51.5 Å². The first-order valence-corrected chi connectivity index (χ1v) is 9.03. The fourth-order valence-electron chi connectivity index (χ4n) is 2.01. The fourth-order valence-corrected chi connectivity index (χ4v) is 3.97. The number of sulfonamides is 1. The van der Waals surface area contributed by atoms with Crippen molar-refractivity contribution in [1.82, 2.24) is 4.72 Å². The van der Waals surface area contributed by atoms with Gasteiger partial charge in [-0.2, -0.15) is 0 Å². The fraction of sp³-hybridized carbons (Fsp3) is 0.500. The summed E-state index contributed by atoms with van der Waals surface area (Å²) in [6, 6.07) is 5.74. The van der Waals surface area contributed by atoms with Gasteiger partial charge in [-0.3, -0.25) is 4.79 Å². The van der Waals surface area contributed by atoms with Gasteiger partial charge in [0.25, 0.3) is 0 Å². The molecule has 1 fully saturated rings. The lowest BCUT2D eigenvalue weighted by atomic mass is 10.1. The molecule has 0 spiro atoms. The number of carbonyl (C=O) groups is 1. The highest BCUT2D eigenvalue weighted by molar-refractivity contribution is 7.89. The highest BCUT2D eigenvalue weighted by Gasteiger charge is 2.67. The third-order valence-electron chi connectivity index (χ3n) is 3.57. The van der Waals surface area contributed by atoms with Crippen molar-refractivity contribution in [2.75, 3.05) is 5.32 Å². The zero-order valence-corrected chi connectivity index (χ0v) is 14.8. The summed E-state index contributed by atoms with van der Waals surface area (Å²) < 4.78 is 25.4. The second-order valence-corrected chi connectivity index (χ2v) is 9.17. The minimum atomic E-state index is -3.54. The Labute approximate surface area is 140 Å². The Balaban J connectivity index is 2.09. The van der Waals surface area contributed by atoms with Crippen molar-refractivity contribution in [3.05, 3.63) is 24.3 Å². The lowest BCUT2D eigenvalue weighted by Gasteiger charge is -2.13. The van der Waals surface area contributed by atoms with Crippen LogP contribution >= 0.6 is 23.2 Å². The Morgan fingerprint density at radius 3 is 2.14 bits per heavy atom. The molecule has 1 aliphatic rings. The van der Waals surface area contributed by atoms with E-state index in [-0.39, 0.29) is 16.8 Å². The van der Waals surface area contributed by atoms with Gasteiger partial charge in [0.05, 0.1) is 10.3 Å². The van der Waals surface area contributed by atoms with Gasteiger partial charge in [0.2, 0.25) is 15.9 Å². The molecule has 0 saturated heterocycles. The highest BCUT2D eigenvalue weighted by atomic mass is 35.5. The van der Waals surface area contributed by atoms with Crippen molar-refractivity contribution in [3.8, 4) is 0 Å². The van der Waals surface area contributed by atoms with Gasteiger partial charge in [0.1, 0.15) is 4.33 Å². The minimum absolute atomic E-state index is 0.140. The molecule has 8 heteroatoms. The maximum Gasteiger partial charge on any atom is 0.240 e. The van der Waals surface area contributed by atoms with Crippen LogP contribution in [0.25, 0.3) is 0 Å². The number of carbonyl (C=O) groups excluding carboxylic acids is 1. The minimum Gasteiger partial charge on any atom is -0.326 e. The molecule has 2 rings (SSSR count). The van der Waals surface area contributed by atoms with Crippen molar-refractivity contribution in [2.24, 2.45) is 5.41 Å². The van der Waals surface area contributed by atoms with Crippen molar-refractivity contribution < 1.29 is 13.2 Å². The van der Waals surface area contributed by atoms with Gasteiger partial charge in [-0.25, -0.2) is 13.1 Å². The van der Waals surface area contributed by atoms with E-state index in [0.29, 0.717) is 12.1 Å². The Kier molecular flexibility index (Phi) is 4.52. The first-order chi connectivity index (χ1) is 9.98. The normalized spacial score (nSPS) is 23.4. The molecule has 2 N–H and O–H groups in total. The van der Waals surface area contributed by atoms with E-state index >= 15 is 0 Å². The Hall–Kier alpha value is -0.820. The number of anilines is 1. The third kappa shape index (κ3) is 3.40. The van der Waals surface area contributed by atoms with E-state index in [0.717, 1.165) is 0 Å². The SMILES string of the molecule is CC(C)NS(=O)(=O)c1ccc(NC(=O)C2(C)CC2(Cl)Cl)cc1. The molecule has 5 nitrogen and oxygen atoms in total. The second-order valence-electron chi connectivity index (χ2n) is 5.97. The average molecular weight is 365 g/mol. The van der Waals surface area contributed by atoms with Crippen LogP contribution in [0.5, 0.6) is 0 Å². The number of hydrogen-bond acceptors (Lipinski definition) is 3. The van der Waals surface area contributed by atoms with Gasteiger partial charge < -0.3 is 5.32 Å². The molecule has 0 aliphatic heterocycles. The maximum atomic E-state index is 12.1. The topological polar surface area (TPSA) is 75.3 Å². The number of nitrogens with one attached hydrogen (secondary N) is 2. The summed E-state index contributed by atoms with van der Waals surface area (Å²) in [4.78, 5) is 12.3. The first kappa shape index (κ1) is 17.5. The summed E-state index contributed by atoms with van der Waals surface area (Å²) in [5, 5.41) is 2.70. The van der Waals surface area contributed by atoms with Gasteiger partial charge >= 0.3 is 0 Å². The van der Waals surface area contributed by atoms with Crippen LogP contribution in [0.4, 0.5) is 5.69 Å². The van der Waals surface area contributed by atoms with Gasteiger partial charge in [0, 0.05) is 11.7 Å². The molecule has 1 atom stereocenters. The molecule has 1 aromatic carbocycles. The Bertz CT molecular complexity index is 687. The van der Waals surface area contributed by atoms with Crippen LogP contribution in [0, 0.1) is 5.41 Å². The molecule has 22 heavy (non-hydrogen) atoms. The zero-order valence-electron chi connectivity index (χ0n) is 12.5. The van der Waals surface area contributed by atoms with E-state index in [1.165, 1.54) is 24.3 Å². The molecule has 1 unspecified atom stereocenters. The quantitative estimate of drug-likeness (QED) is 0.788. The largest absolute Gasteiger partial charge is 0.326 e. The molecular weight excluding hydrogens is 347 g/mol. The molecule has 0 radical (unpaired) electrons. The summed E-state index contributed by atoms with van der Waals surface area (Å²) in [5.74, 6) is -0.284. The number of hydrogen-bond donors (Lipinski definition) is 2. The van der Waals surface area contributed by atoms with E-state index < -0.39 is 19.8 Å². The monoisotopic (exact) mass is 364 g/mol. The average Bonchev–Trinajstić information content (AvgIpc) is 2.89. The molecule has 0 bridgehead atoms. The van der Waals surface area contributed by atoms with E-state index in [1.54, 1.807) is 20.8 Å². The van der Waals surface area contributed by atoms with Crippen LogP contribution in [0.2, 0.25) is 0 Å².